The third-order valence-corrected chi connectivity index (χ3v) is 10.2. The number of aromatic nitrogens is 4. The zero-order valence-electron chi connectivity index (χ0n) is 19.0. The highest BCUT2D eigenvalue weighted by molar-refractivity contribution is 5.84. The van der Waals surface area contributed by atoms with Gasteiger partial charge < -0.3 is 0 Å². The van der Waals surface area contributed by atoms with E-state index in [9.17, 15) is 4.79 Å². The Balaban J connectivity index is 1.20. The second kappa shape index (κ2) is 7.38. The summed E-state index contributed by atoms with van der Waals surface area (Å²) in [6.45, 7) is 5.28. The van der Waals surface area contributed by atoms with E-state index in [4.69, 9.17) is 0 Å². The van der Waals surface area contributed by atoms with Crippen molar-refractivity contribution in [1.29, 1.82) is 0 Å². The molecule has 8 atom stereocenters. The minimum absolute atomic E-state index is 0.187. The quantitative estimate of drug-likeness (QED) is 0.676. The Hall–Kier alpha value is -1.78. The van der Waals surface area contributed by atoms with Crippen LogP contribution in [-0.4, -0.2) is 25.5 Å². The predicted molar refractivity (Wildman–Crippen MR) is 120 cm³/mol. The summed E-state index contributed by atoms with van der Waals surface area (Å²) in [5.74, 6) is 6.01. The summed E-state index contributed by atoms with van der Waals surface area (Å²) in [4.78, 5) is 21.9. The predicted octanol–water partition coefficient (Wildman–Crippen LogP) is 5.30. The molecule has 4 saturated carbocycles. The zero-order valence-corrected chi connectivity index (χ0v) is 19.0. The van der Waals surface area contributed by atoms with Gasteiger partial charge in [0, 0.05) is 5.92 Å². The first kappa shape index (κ1) is 19.9. The summed E-state index contributed by atoms with van der Waals surface area (Å²) < 4.78 is 1.81. The lowest BCUT2D eigenvalue weighted by Gasteiger charge is -2.56. The number of ketones is 1. The van der Waals surface area contributed by atoms with Crippen LogP contribution in [0.5, 0.6) is 0 Å². The summed E-state index contributed by atoms with van der Waals surface area (Å²) >= 11 is 0. The van der Waals surface area contributed by atoms with Crippen molar-refractivity contribution >= 4 is 16.8 Å². The first-order valence-electron chi connectivity index (χ1n) is 12.7. The first-order valence-corrected chi connectivity index (χ1v) is 12.7. The van der Waals surface area contributed by atoms with Gasteiger partial charge in [0.2, 0.25) is 0 Å². The smallest absolute Gasteiger partial charge is 0.157 e. The van der Waals surface area contributed by atoms with Crippen molar-refractivity contribution in [1.82, 2.24) is 19.7 Å². The van der Waals surface area contributed by atoms with E-state index in [0.29, 0.717) is 12.3 Å². The van der Waals surface area contributed by atoms with Gasteiger partial charge in [-0.25, -0.2) is 9.97 Å². The van der Waals surface area contributed by atoms with Crippen LogP contribution >= 0.6 is 0 Å². The topological polar surface area (TPSA) is 60.7 Å². The Morgan fingerprint density at radius 2 is 1.94 bits per heavy atom. The van der Waals surface area contributed by atoms with Crippen molar-refractivity contribution in [3.8, 4) is 0 Å². The molecule has 0 aliphatic heterocycles. The van der Waals surface area contributed by atoms with Gasteiger partial charge in [-0.3, -0.25) is 9.48 Å². The molecule has 5 nitrogen and oxygen atoms in total. The molecule has 8 unspecified atom stereocenters. The molecule has 0 N–H and O–H groups in total. The third kappa shape index (κ3) is 3.09. The average Bonchev–Trinajstić information content (AvgIpc) is 3.34. The van der Waals surface area contributed by atoms with Crippen molar-refractivity contribution in [3.05, 3.63) is 18.7 Å². The Kier molecular flexibility index (Phi) is 4.73. The van der Waals surface area contributed by atoms with E-state index in [1.165, 1.54) is 51.4 Å². The lowest BCUT2D eigenvalue weighted by molar-refractivity contribution is -0.131. The Morgan fingerprint density at radius 3 is 2.84 bits per heavy atom. The molecule has 2 aromatic rings. The maximum absolute atomic E-state index is 13.5. The van der Waals surface area contributed by atoms with Gasteiger partial charge in [-0.15, -0.1) is 0 Å². The standard InChI is InChI=1S/C26H36N4O/c1-16-3-5-18-17(11-16)4-6-20-19(18)9-10-26(2)21(20)7-8-22(26)25(31)14-30-24-13-27-15-28-23(24)12-29-30/h12-13,15-22H,3-11,14H2,1-2H3. The SMILES string of the molecule is CC1CCC2C(CCC3C2CCC2(C)C(C(=O)Cn4ncc5ncncc54)CCC32)C1. The summed E-state index contributed by atoms with van der Waals surface area (Å²) in [6, 6.07) is 0. The molecule has 0 radical (unpaired) electrons. The molecule has 0 bridgehead atoms. The molecule has 0 spiro atoms. The minimum Gasteiger partial charge on any atom is -0.297 e. The van der Waals surface area contributed by atoms with Crippen LogP contribution in [-0.2, 0) is 11.3 Å². The van der Waals surface area contributed by atoms with E-state index in [0.717, 1.165) is 53.0 Å². The Labute approximate surface area is 185 Å². The molecule has 0 saturated heterocycles. The second-order valence-electron chi connectivity index (χ2n) is 11.6. The zero-order chi connectivity index (χ0) is 21.2. The van der Waals surface area contributed by atoms with Crippen molar-refractivity contribution < 1.29 is 4.79 Å². The Bertz CT molecular complexity index is 985. The number of hydrogen-bond donors (Lipinski definition) is 0. The van der Waals surface area contributed by atoms with E-state index in [1.807, 2.05) is 4.68 Å². The van der Waals surface area contributed by atoms with Crippen molar-refractivity contribution in [3.63, 3.8) is 0 Å². The molecule has 4 aliphatic carbocycles. The number of carbonyl (C=O) groups is 1. The fourth-order valence-electron chi connectivity index (χ4n) is 8.82. The van der Waals surface area contributed by atoms with E-state index in [2.05, 4.69) is 28.9 Å². The van der Waals surface area contributed by atoms with Crippen molar-refractivity contribution in [2.24, 2.45) is 46.8 Å². The molecule has 166 valence electrons. The van der Waals surface area contributed by atoms with Crippen LogP contribution in [0.1, 0.15) is 71.6 Å². The maximum atomic E-state index is 13.5. The lowest BCUT2D eigenvalue weighted by Crippen LogP contribution is -2.49. The van der Waals surface area contributed by atoms with Gasteiger partial charge in [0.25, 0.3) is 0 Å². The van der Waals surface area contributed by atoms with Gasteiger partial charge >= 0.3 is 0 Å². The molecule has 6 rings (SSSR count). The van der Waals surface area contributed by atoms with E-state index in [-0.39, 0.29) is 11.3 Å². The summed E-state index contributed by atoms with van der Waals surface area (Å²) in [5.41, 5.74) is 1.87. The molecule has 0 aromatic carbocycles. The first-order chi connectivity index (χ1) is 15.0. The highest BCUT2D eigenvalue weighted by Gasteiger charge is 2.58. The van der Waals surface area contributed by atoms with E-state index in [1.54, 1.807) is 18.7 Å². The third-order valence-electron chi connectivity index (χ3n) is 10.2. The van der Waals surface area contributed by atoms with E-state index >= 15 is 0 Å². The number of carbonyl (C=O) groups excluding carboxylic acids is 1. The van der Waals surface area contributed by atoms with Crippen LogP contribution in [0.25, 0.3) is 11.0 Å². The fourth-order valence-corrected chi connectivity index (χ4v) is 8.82. The van der Waals surface area contributed by atoms with Gasteiger partial charge in [0.1, 0.15) is 23.9 Å². The summed E-state index contributed by atoms with van der Waals surface area (Å²) in [6.07, 6.45) is 17.2. The molecule has 5 heteroatoms. The van der Waals surface area contributed by atoms with Crippen molar-refractivity contribution in [2.45, 2.75) is 78.2 Å². The molecule has 4 aliphatic rings. The van der Waals surface area contributed by atoms with Crippen LogP contribution in [0.4, 0.5) is 0 Å². The van der Waals surface area contributed by atoms with Crippen molar-refractivity contribution in [2.75, 3.05) is 0 Å². The molecule has 0 amide bonds. The molecule has 31 heavy (non-hydrogen) atoms. The minimum atomic E-state index is 0.187. The molecule has 2 aromatic heterocycles. The Morgan fingerprint density at radius 1 is 1.06 bits per heavy atom. The maximum Gasteiger partial charge on any atom is 0.157 e. The molecule has 2 heterocycles. The van der Waals surface area contributed by atoms with E-state index < -0.39 is 0 Å². The monoisotopic (exact) mass is 420 g/mol. The molecular weight excluding hydrogens is 384 g/mol. The normalized spacial score (nSPS) is 42.1. The second-order valence-corrected chi connectivity index (χ2v) is 11.6. The van der Waals surface area contributed by atoms with Crippen LogP contribution in [0.2, 0.25) is 0 Å². The van der Waals surface area contributed by atoms with Gasteiger partial charge in [-0.2, -0.15) is 5.10 Å². The van der Waals surface area contributed by atoms with Crippen LogP contribution in [0, 0.1) is 46.8 Å². The highest BCUT2D eigenvalue weighted by Crippen LogP contribution is 2.64. The number of rotatable bonds is 3. The summed E-state index contributed by atoms with van der Waals surface area (Å²) in [7, 11) is 0. The van der Waals surface area contributed by atoms with Crippen LogP contribution < -0.4 is 0 Å². The fraction of sp³-hybridized carbons (Fsp3) is 0.769. The van der Waals surface area contributed by atoms with Gasteiger partial charge in [-0.1, -0.05) is 20.3 Å². The van der Waals surface area contributed by atoms with Crippen LogP contribution in [0.3, 0.4) is 0 Å². The van der Waals surface area contributed by atoms with Gasteiger partial charge in [-0.05, 0) is 92.3 Å². The number of fused-ring (bicyclic) bond motifs is 6. The highest BCUT2D eigenvalue weighted by atomic mass is 16.1. The van der Waals surface area contributed by atoms with Gasteiger partial charge in [0.15, 0.2) is 5.78 Å². The lowest BCUT2D eigenvalue weighted by atomic mass is 9.49. The number of hydrogen-bond acceptors (Lipinski definition) is 4. The van der Waals surface area contributed by atoms with Gasteiger partial charge in [0.05, 0.1) is 12.4 Å². The van der Waals surface area contributed by atoms with Crippen LogP contribution in [0.15, 0.2) is 18.7 Å². The number of Topliss-reactive ketones (excluding diaryl/α,β-unsaturated/α-hetero) is 1. The molecule has 4 fully saturated rings. The average molecular weight is 421 g/mol. The summed E-state index contributed by atoms with van der Waals surface area (Å²) in [5, 5.41) is 4.44. The largest absolute Gasteiger partial charge is 0.297 e. The molecular formula is C26H36N4O. The number of nitrogens with zero attached hydrogens (tertiary/aromatic N) is 4.